The van der Waals surface area contributed by atoms with Crippen LogP contribution in [-0.2, 0) is 27.5 Å². The monoisotopic (exact) mass is 754 g/mol. The first-order valence-electron chi connectivity index (χ1n) is 16.8. The molecule has 0 fully saturated rings. The molecule has 276 valence electrons. The molecule has 2 atom stereocenters. The summed E-state index contributed by atoms with van der Waals surface area (Å²) in [5.41, 5.74) is 6.53. The Bertz CT molecular complexity index is 2180. The maximum absolute atomic E-state index is 13.1. The van der Waals surface area contributed by atoms with Gasteiger partial charge in [-0.25, -0.2) is 4.79 Å². The number of aromatic nitrogens is 2. The Labute approximate surface area is 315 Å². The first-order valence-corrected chi connectivity index (χ1v) is 18.4. The van der Waals surface area contributed by atoms with Crippen LogP contribution in [0.3, 0.4) is 0 Å². The highest BCUT2D eigenvalue weighted by molar-refractivity contribution is 7.12. The quantitative estimate of drug-likeness (QED) is 0.0858. The van der Waals surface area contributed by atoms with E-state index in [1.807, 2.05) is 60.7 Å². The number of hydrogen-bond donors (Lipinski definition) is 6. The molecule has 0 aliphatic carbocycles. The molecule has 12 nitrogen and oxygen atoms in total. The van der Waals surface area contributed by atoms with Crippen molar-refractivity contribution in [2.24, 2.45) is 5.73 Å². The van der Waals surface area contributed by atoms with Gasteiger partial charge in [-0.3, -0.25) is 19.6 Å². The Hall–Kier alpha value is -5.25. The van der Waals surface area contributed by atoms with Crippen molar-refractivity contribution < 1.29 is 29.3 Å². The summed E-state index contributed by atoms with van der Waals surface area (Å²) in [7, 11) is 0. The van der Waals surface area contributed by atoms with Gasteiger partial charge in [0.15, 0.2) is 0 Å². The second-order valence-corrected chi connectivity index (χ2v) is 15.4. The van der Waals surface area contributed by atoms with E-state index in [0.29, 0.717) is 5.69 Å². The average molecular weight is 755 g/mol. The molecule has 0 bridgehead atoms. The Kier molecular flexibility index (Phi) is 13.2. The fourth-order valence-corrected chi connectivity index (χ4v) is 7.25. The molecule has 2 unspecified atom stereocenters. The molecule has 0 radical (unpaired) electrons. The van der Waals surface area contributed by atoms with E-state index in [2.05, 4.69) is 25.9 Å². The molecule has 0 saturated heterocycles. The molecule has 3 amide bonds. The summed E-state index contributed by atoms with van der Waals surface area (Å²) >= 11 is 2.74. The van der Waals surface area contributed by atoms with E-state index in [1.54, 1.807) is 57.7 Å². The SMILES string of the molecule is CC(C)(C)OC(=O)NCC(C(=O)Nc1ccc2cnccc2c1)c1ccc(CO)s1.NCC(C(=O)Nc1ccc2cnccc2c1)c1ccc(CO)s1. The lowest BCUT2D eigenvalue weighted by Crippen LogP contribution is -2.37. The van der Waals surface area contributed by atoms with Crippen molar-refractivity contribution in [2.75, 3.05) is 23.7 Å². The lowest BCUT2D eigenvalue weighted by molar-refractivity contribution is -0.118. The second kappa shape index (κ2) is 18.0. The number of nitrogens with zero attached hydrogens (tertiary/aromatic N) is 2. The van der Waals surface area contributed by atoms with Crippen molar-refractivity contribution in [2.45, 2.75) is 51.4 Å². The van der Waals surface area contributed by atoms with Crippen LogP contribution in [0.15, 0.2) is 97.6 Å². The number of ether oxygens (including phenoxy) is 1. The Morgan fingerprint density at radius 3 is 1.66 bits per heavy atom. The van der Waals surface area contributed by atoms with E-state index in [0.717, 1.165) is 46.7 Å². The minimum Gasteiger partial charge on any atom is -0.444 e. The van der Waals surface area contributed by atoms with Crippen LogP contribution in [0.2, 0.25) is 0 Å². The predicted molar refractivity (Wildman–Crippen MR) is 210 cm³/mol. The topological polar surface area (TPSA) is 189 Å². The highest BCUT2D eigenvalue weighted by Gasteiger charge is 2.25. The van der Waals surface area contributed by atoms with Crippen LogP contribution in [0, 0.1) is 0 Å². The minimum atomic E-state index is -0.630. The molecule has 0 aliphatic rings. The zero-order valence-electron chi connectivity index (χ0n) is 29.5. The van der Waals surface area contributed by atoms with E-state index >= 15 is 0 Å². The van der Waals surface area contributed by atoms with Crippen molar-refractivity contribution in [1.82, 2.24) is 15.3 Å². The number of aliphatic hydroxyl groups is 2. The van der Waals surface area contributed by atoms with Crippen LogP contribution in [0.25, 0.3) is 21.5 Å². The Morgan fingerprint density at radius 2 is 1.21 bits per heavy atom. The summed E-state index contributed by atoms with van der Waals surface area (Å²) in [6, 6.07) is 22.3. The number of benzene rings is 2. The predicted octanol–water partition coefficient (Wildman–Crippen LogP) is 6.51. The molecule has 0 spiro atoms. The number of anilines is 2. The van der Waals surface area contributed by atoms with Crippen LogP contribution >= 0.6 is 22.7 Å². The molecule has 7 N–H and O–H groups in total. The molecule has 6 rings (SSSR count). The van der Waals surface area contributed by atoms with Crippen LogP contribution in [0.5, 0.6) is 0 Å². The summed E-state index contributed by atoms with van der Waals surface area (Å²) in [6.07, 6.45) is 6.38. The van der Waals surface area contributed by atoms with Gasteiger partial charge in [-0.15, -0.1) is 22.7 Å². The van der Waals surface area contributed by atoms with Crippen LogP contribution < -0.4 is 21.7 Å². The van der Waals surface area contributed by atoms with Crippen molar-refractivity contribution in [3.63, 3.8) is 0 Å². The Morgan fingerprint density at radius 1 is 0.717 bits per heavy atom. The van der Waals surface area contributed by atoms with E-state index in [1.165, 1.54) is 22.7 Å². The second-order valence-electron chi connectivity index (χ2n) is 13.0. The fourth-order valence-electron chi connectivity index (χ4n) is 5.29. The highest BCUT2D eigenvalue weighted by atomic mass is 32.1. The third-order valence-electron chi connectivity index (χ3n) is 7.90. The molecule has 6 aromatic rings. The fraction of sp³-hybridized carbons (Fsp3) is 0.256. The van der Waals surface area contributed by atoms with Gasteiger partial charge in [0.1, 0.15) is 5.60 Å². The number of carbonyl (C=O) groups excluding carboxylic acids is 3. The van der Waals surface area contributed by atoms with E-state index in [9.17, 15) is 19.5 Å². The largest absolute Gasteiger partial charge is 0.444 e. The smallest absolute Gasteiger partial charge is 0.407 e. The third-order valence-corrected chi connectivity index (χ3v) is 10.3. The van der Waals surface area contributed by atoms with Crippen LogP contribution in [0.1, 0.15) is 52.1 Å². The third kappa shape index (κ3) is 10.9. The number of nitrogens with two attached hydrogens (primary N) is 1. The van der Waals surface area contributed by atoms with Gasteiger partial charge in [-0.2, -0.15) is 0 Å². The zero-order valence-corrected chi connectivity index (χ0v) is 31.2. The molecular weight excluding hydrogens is 713 g/mol. The van der Waals surface area contributed by atoms with Gasteiger partial charge < -0.3 is 36.6 Å². The summed E-state index contributed by atoms with van der Waals surface area (Å²) in [5.74, 6) is -1.46. The van der Waals surface area contributed by atoms with E-state index < -0.39 is 23.5 Å². The Balaban J connectivity index is 0.000000211. The van der Waals surface area contributed by atoms with Crippen molar-refractivity contribution in [1.29, 1.82) is 0 Å². The number of alkyl carbamates (subject to hydrolysis) is 1. The lowest BCUT2D eigenvalue weighted by Gasteiger charge is -2.21. The molecule has 4 aromatic heterocycles. The van der Waals surface area contributed by atoms with Gasteiger partial charge >= 0.3 is 6.09 Å². The number of nitrogens with one attached hydrogen (secondary N) is 3. The summed E-state index contributed by atoms with van der Waals surface area (Å²) < 4.78 is 5.27. The van der Waals surface area contributed by atoms with Crippen LogP contribution in [-0.4, -0.2) is 56.8 Å². The molecule has 14 heteroatoms. The first kappa shape index (κ1) is 39.0. The van der Waals surface area contributed by atoms with Crippen molar-refractivity contribution >= 4 is 73.5 Å². The van der Waals surface area contributed by atoms with E-state index in [4.69, 9.17) is 15.6 Å². The zero-order chi connectivity index (χ0) is 38.0. The molecule has 53 heavy (non-hydrogen) atoms. The van der Waals surface area contributed by atoms with Gasteiger partial charge in [0, 0.05) is 79.5 Å². The van der Waals surface area contributed by atoms with Gasteiger partial charge in [-0.1, -0.05) is 12.1 Å². The van der Waals surface area contributed by atoms with E-state index in [-0.39, 0.29) is 38.1 Å². The lowest BCUT2D eigenvalue weighted by atomic mass is 10.1. The molecule has 0 aliphatic heterocycles. The maximum Gasteiger partial charge on any atom is 0.407 e. The number of carbonyl (C=O) groups is 3. The minimum absolute atomic E-state index is 0.0255. The highest BCUT2D eigenvalue weighted by Crippen LogP contribution is 2.28. The normalized spacial score (nSPS) is 12.3. The standard InChI is InChI=1S/C22H25N3O4S.C17H17N3O2S/c1-22(2,3)29-21(28)24-12-18(19-7-6-17(13-26)30-19)20(27)25-16-5-4-15-11-23-9-8-14(15)10-16;18-8-15(16-4-3-14(10-21)23-16)17(22)20-13-2-1-12-9-19-6-5-11(12)7-13/h4-11,18,26H,12-13H2,1-3H3,(H,24,28)(H,25,27);1-7,9,15,21H,8,10,18H2,(H,20,22). The molecule has 2 aromatic carbocycles. The number of hydrogen-bond acceptors (Lipinski definition) is 11. The molecule has 4 heterocycles. The van der Waals surface area contributed by atoms with Gasteiger partial charge in [0.05, 0.1) is 25.0 Å². The number of pyridine rings is 2. The summed E-state index contributed by atoms with van der Waals surface area (Å²) in [5, 5.41) is 31.0. The average Bonchev–Trinajstić information content (AvgIpc) is 3.82. The number of fused-ring (bicyclic) bond motifs is 2. The van der Waals surface area contributed by atoms with Gasteiger partial charge in [0.2, 0.25) is 11.8 Å². The van der Waals surface area contributed by atoms with Gasteiger partial charge in [0.25, 0.3) is 0 Å². The molecule has 0 saturated carbocycles. The number of amides is 3. The summed E-state index contributed by atoms with van der Waals surface area (Å²) in [6.45, 7) is 5.49. The van der Waals surface area contributed by atoms with Crippen LogP contribution in [0.4, 0.5) is 16.2 Å². The van der Waals surface area contributed by atoms with Gasteiger partial charge in [-0.05, 0) is 92.2 Å². The van der Waals surface area contributed by atoms with Crippen molar-refractivity contribution in [3.8, 4) is 0 Å². The number of rotatable bonds is 11. The molecular formula is C39H42N6O6S2. The number of aliphatic hydroxyl groups excluding tert-OH is 2. The van der Waals surface area contributed by atoms with Crippen molar-refractivity contribution in [3.05, 3.63) is 117 Å². The number of thiophene rings is 2. The first-order chi connectivity index (χ1) is 25.5. The maximum atomic E-state index is 13.1. The summed E-state index contributed by atoms with van der Waals surface area (Å²) in [4.78, 5) is 49.0.